The Hall–Kier alpha value is -0.340. The minimum atomic E-state index is 0.620. The second-order valence-electron chi connectivity index (χ2n) is 7.23. The molecule has 0 radical (unpaired) electrons. The average molecular weight is 306 g/mol. The molecule has 3 unspecified atom stereocenters. The van der Waals surface area contributed by atoms with Crippen LogP contribution in [0.25, 0.3) is 0 Å². The third kappa shape index (κ3) is 3.71. The molecule has 118 valence electrons. The Morgan fingerprint density at radius 2 is 2.05 bits per heavy atom. The molecule has 1 saturated carbocycles. The van der Waals surface area contributed by atoms with Crippen LogP contribution in [0.1, 0.15) is 80.2 Å². The highest BCUT2D eigenvalue weighted by Gasteiger charge is 2.29. The van der Waals surface area contributed by atoms with Crippen LogP contribution in [0.3, 0.4) is 0 Å². The first kappa shape index (κ1) is 15.6. The Morgan fingerprint density at radius 3 is 2.86 bits per heavy atom. The molecule has 1 aromatic rings. The highest BCUT2D eigenvalue weighted by molar-refractivity contribution is 7.12. The number of aryl methyl sites for hydroxylation is 2. The highest BCUT2D eigenvalue weighted by atomic mass is 32.1. The molecular formula is C19H31NS. The van der Waals surface area contributed by atoms with Crippen molar-refractivity contribution in [1.82, 2.24) is 5.32 Å². The van der Waals surface area contributed by atoms with Gasteiger partial charge in [-0.3, -0.25) is 0 Å². The summed E-state index contributed by atoms with van der Waals surface area (Å²) in [5.74, 6) is 1.78. The van der Waals surface area contributed by atoms with Crippen LogP contribution in [0.5, 0.6) is 0 Å². The summed E-state index contributed by atoms with van der Waals surface area (Å²) in [5.41, 5.74) is 1.68. The first-order chi connectivity index (χ1) is 10.3. The Kier molecular flexibility index (Phi) is 5.39. The zero-order valence-corrected chi connectivity index (χ0v) is 14.6. The molecular weight excluding hydrogens is 274 g/mol. The highest BCUT2D eigenvalue weighted by Crippen LogP contribution is 2.41. The van der Waals surface area contributed by atoms with Gasteiger partial charge in [-0.25, -0.2) is 0 Å². The Balaban J connectivity index is 1.80. The number of hydrogen-bond acceptors (Lipinski definition) is 2. The normalized spacial score (nSPS) is 27.9. The minimum Gasteiger partial charge on any atom is -0.309 e. The van der Waals surface area contributed by atoms with E-state index in [1.165, 1.54) is 57.8 Å². The molecule has 3 rings (SSSR count). The summed E-state index contributed by atoms with van der Waals surface area (Å²) < 4.78 is 0. The van der Waals surface area contributed by atoms with Gasteiger partial charge in [0.05, 0.1) is 0 Å². The van der Waals surface area contributed by atoms with E-state index in [9.17, 15) is 0 Å². The zero-order chi connectivity index (χ0) is 14.7. The predicted molar refractivity (Wildman–Crippen MR) is 93.1 cm³/mol. The van der Waals surface area contributed by atoms with Crippen molar-refractivity contribution in [1.29, 1.82) is 0 Å². The summed E-state index contributed by atoms with van der Waals surface area (Å²) >= 11 is 2.13. The first-order valence-electron chi connectivity index (χ1n) is 9.12. The third-order valence-electron chi connectivity index (χ3n) is 5.44. The van der Waals surface area contributed by atoms with Gasteiger partial charge in [0.2, 0.25) is 0 Å². The SMILES string of the molecule is CCNC(c1cc2c(s1)CCCCC2)C1CCCC(C)C1. The van der Waals surface area contributed by atoms with Gasteiger partial charge in [-0.15, -0.1) is 11.3 Å². The molecule has 1 nitrogen and oxygen atoms in total. The van der Waals surface area contributed by atoms with Crippen molar-refractivity contribution in [2.75, 3.05) is 6.54 Å². The second kappa shape index (κ2) is 7.28. The van der Waals surface area contributed by atoms with Crippen molar-refractivity contribution in [3.63, 3.8) is 0 Å². The van der Waals surface area contributed by atoms with Gasteiger partial charge in [-0.1, -0.05) is 33.1 Å². The third-order valence-corrected chi connectivity index (χ3v) is 6.76. The molecule has 2 heteroatoms. The molecule has 1 aromatic heterocycles. The number of fused-ring (bicyclic) bond motifs is 1. The Labute approximate surface area is 134 Å². The van der Waals surface area contributed by atoms with E-state index in [0.717, 1.165) is 18.4 Å². The largest absolute Gasteiger partial charge is 0.309 e. The lowest BCUT2D eigenvalue weighted by Crippen LogP contribution is -2.30. The van der Waals surface area contributed by atoms with E-state index in [-0.39, 0.29) is 0 Å². The minimum absolute atomic E-state index is 0.620. The van der Waals surface area contributed by atoms with Crippen molar-refractivity contribution in [3.8, 4) is 0 Å². The standard InChI is InChI=1S/C19H31NS/c1-3-20-19(16-10-7-8-14(2)12-16)18-13-15-9-5-4-6-11-17(15)21-18/h13-14,16,19-20H,3-12H2,1-2H3. The molecule has 0 aliphatic heterocycles. The van der Waals surface area contributed by atoms with Gasteiger partial charge >= 0.3 is 0 Å². The number of thiophene rings is 1. The van der Waals surface area contributed by atoms with Gasteiger partial charge in [-0.05, 0) is 68.5 Å². The molecule has 21 heavy (non-hydrogen) atoms. The summed E-state index contributed by atoms with van der Waals surface area (Å²) in [4.78, 5) is 3.34. The van der Waals surface area contributed by atoms with Crippen LogP contribution >= 0.6 is 11.3 Å². The average Bonchev–Trinajstić information content (AvgIpc) is 2.75. The first-order valence-corrected chi connectivity index (χ1v) is 9.94. The van der Waals surface area contributed by atoms with Crippen molar-refractivity contribution >= 4 is 11.3 Å². The van der Waals surface area contributed by atoms with E-state index in [4.69, 9.17) is 0 Å². The number of hydrogen-bond donors (Lipinski definition) is 1. The van der Waals surface area contributed by atoms with E-state index < -0.39 is 0 Å². The van der Waals surface area contributed by atoms with Crippen LogP contribution < -0.4 is 5.32 Å². The molecule has 3 atom stereocenters. The van der Waals surface area contributed by atoms with E-state index in [0.29, 0.717) is 6.04 Å². The van der Waals surface area contributed by atoms with Gasteiger partial charge in [0.1, 0.15) is 0 Å². The summed E-state index contributed by atoms with van der Waals surface area (Å²) in [6.45, 7) is 5.80. The fourth-order valence-electron chi connectivity index (χ4n) is 4.35. The lowest BCUT2D eigenvalue weighted by molar-refractivity contribution is 0.227. The molecule has 2 aliphatic rings. The predicted octanol–water partition coefficient (Wildman–Crippen LogP) is 5.49. The van der Waals surface area contributed by atoms with Crippen molar-refractivity contribution in [2.45, 2.75) is 77.7 Å². The fraction of sp³-hybridized carbons (Fsp3) is 0.789. The molecule has 1 fully saturated rings. The number of rotatable bonds is 4. The molecule has 0 spiro atoms. The van der Waals surface area contributed by atoms with E-state index in [1.807, 2.05) is 0 Å². The number of nitrogens with one attached hydrogen (secondary N) is 1. The van der Waals surface area contributed by atoms with E-state index in [1.54, 1.807) is 15.3 Å². The van der Waals surface area contributed by atoms with Crippen LogP contribution in [-0.2, 0) is 12.8 Å². The van der Waals surface area contributed by atoms with Gasteiger partial charge in [0.25, 0.3) is 0 Å². The van der Waals surface area contributed by atoms with Gasteiger partial charge in [-0.2, -0.15) is 0 Å². The van der Waals surface area contributed by atoms with Crippen LogP contribution in [0, 0.1) is 11.8 Å². The molecule has 2 aliphatic carbocycles. The van der Waals surface area contributed by atoms with Crippen molar-refractivity contribution in [3.05, 3.63) is 21.4 Å². The lowest BCUT2D eigenvalue weighted by Gasteiger charge is -2.33. The topological polar surface area (TPSA) is 12.0 Å². The van der Waals surface area contributed by atoms with Crippen LogP contribution in [0.15, 0.2) is 6.07 Å². The summed E-state index contributed by atoms with van der Waals surface area (Å²) in [6, 6.07) is 3.19. The zero-order valence-electron chi connectivity index (χ0n) is 13.8. The fourth-order valence-corrected chi connectivity index (χ4v) is 5.77. The molecule has 0 saturated heterocycles. The van der Waals surface area contributed by atoms with E-state index in [2.05, 4.69) is 36.6 Å². The Morgan fingerprint density at radius 1 is 1.19 bits per heavy atom. The quantitative estimate of drug-likeness (QED) is 0.725. The molecule has 1 N–H and O–H groups in total. The van der Waals surface area contributed by atoms with Gasteiger partial charge in [0, 0.05) is 15.8 Å². The van der Waals surface area contributed by atoms with Crippen molar-refractivity contribution in [2.24, 2.45) is 11.8 Å². The molecule has 0 bridgehead atoms. The Bertz CT molecular complexity index is 427. The van der Waals surface area contributed by atoms with Gasteiger partial charge < -0.3 is 5.32 Å². The van der Waals surface area contributed by atoms with Crippen LogP contribution in [-0.4, -0.2) is 6.54 Å². The summed E-state index contributed by atoms with van der Waals surface area (Å²) in [6.07, 6.45) is 12.6. The van der Waals surface area contributed by atoms with Crippen molar-refractivity contribution < 1.29 is 0 Å². The maximum Gasteiger partial charge on any atom is 0.0443 e. The second-order valence-corrected chi connectivity index (χ2v) is 8.39. The van der Waals surface area contributed by atoms with Crippen LogP contribution in [0.4, 0.5) is 0 Å². The molecule has 0 aromatic carbocycles. The maximum absolute atomic E-state index is 3.82. The van der Waals surface area contributed by atoms with E-state index >= 15 is 0 Å². The van der Waals surface area contributed by atoms with Crippen LogP contribution in [0.2, 0.25) is 0 Å². The molecule has 1 heterocycles. The summed E-state index contributed by atoms with van der Waals surface area (Å²) in [7, 11) is 0. The van der Waals surface area contributed by atoms with Gasteiger partial charge in [0.15, 0.2) is 0 Å². The summed E-state index contributed by atoms with van der Waals surface area (Å²) in [5, 5.41) is 3.82. The maximum atomic E-state index is 3.82. The smallest absolute Gasteiger partial charge is 0.0443 e. The molecule has 0 amide bonds. The monoisotopic (exact) mass is 305 g/mol. The lowest BCUT2D eigenvalue weighted by atomic mass is 9.78.